The molecule has 0 aromatic rings. The van der Waals surface area contributed by atoms with E-state index in [1.807, 2.05) is 7.05 Å². The Balaban J connectivity index is 0.000000720. The Morgan fingerprint density at radius 2 is 1.92 bits per heavy atom. The van der Waals surface area contributed by atoms with E-state index < -0.39 is 0 Å². The van der Waals surface area contributed by atoms with E-state index in [-0.39, 0.29) is 17.9 Å². The zero-order valence-corrected chi connectivity index (χ0v) is 8.41. The molecule has 0 aliphatic heterocycles. The van der Waals surface area contributed by atoms with E-state index in [4.69, 9.17) is 5.11 Å². The Morgan fingerprint density at radius 1 is 1.33 bits per heavy atom. The molecule has 0 amide bonds. The van der Waals surface area contributed by atoms with E-state index in [0.717, 1.165) is 0 Å². The quantitative estimate of drug-likeness (QED) is 0.690. The van der Waals surface area contributed by atoms with Crippen molar-refractivity contribution in [1.29, 1.82) is 0 Å². The molecule has 0 aromatic carbocycles. The average molecular weight is 192 g/mol. The van der Waals surface area contributed by atoms with Crippen molar-refractivity contribution in [3.05, 3.63) is 0 Å². The third kappa shape index (κ3) is 1.26. The van der Waals surface area contributed by atoms with Crippen LogP contribution in [0.3, 0.4) is 0 Å². The Bertz CT molecular complexity index is 154. The third-order valence-corrected chi connectivity index (χ3v) is 3.67. The summed E-state index contributed by atoms with van der Waals surface area (Å²) in [6, 6.07) is 0. The smallest absolute Gasteiger partial charge is 0.0613 e. The van der Waals surface area contributed by atoms with Crippen molar-refractivity contribution >= 4 is 12.4 Å². The van der Waals surface area contributed by atoms with Gasteiger partial charge in [0.25, 0.3) is 0 Å². The number of hydrogen-bond acceptors (Lipinski definition) is 2. The zero-order valence-electron chi connectivity index (χ0n) is 7.60. The summed E-state index contributed by atoms with van der Waals surface area (Å²) in [5.41, 5.74) is 0.756. The molecule has 1 spiro atoms. The van der Waals surface area contributed by atoms with Gasteiger partial charge in [0.15, 0.2) is 0 Å². The first-order chi connectivity index (χ1) is 5.24. The van der Waals surface area contributed by atoms with Crippen LogP contribution in [0.4, 0.5) is 0 Å². The molecule has 2 aliphatic rings. The van der Waals surface area contributed by atoms with Crippen molar-refractivity contribution < 1.29 is 5.11 Å². The fourth-order valence-electron chi connectivity index (χ4n) is 2.78. The van der Waals surface area contributed by atoms with Gasteiger partial charge in [-0.2, -0.15) is 0 Å². The van der Waals surface area contributed by atoms with Gasteiger partial charge in [-0.1, -0.05) is 6.42 Å². The fourth-order valence-corrected chi connectivity index (χ4v) is 2.78. The van der Waals surface area contributed by atoms with Crippen LogP contribution in [0.2, 0.25) is 0 Å². The first-order valence-corrected chi connectivity index (χ1v) is 4.54. The number of rotatable bonds is 2. The maximum Gasteiger partial charge on any atom is 0.0613 e. The van der Waals surface area contributed by atoms with Crippen molar-refractivity contribution in [3.8, 4) is 0 Å². The van der Waals surface area contributed by atoms with Crippen molar-refractivity contribution in [1.82, 2.24) is 5.32 Å². The van der Waals surface area contributed by atoms with E-state index in [1.165, 1.54) is 32.1 Å². The minimum absolute atomic E-state index is 0. The summed E-state index contributed by atoms with van der Waals surface area (Å²) in [6.45, 7) is 0.311. The van der Waals surface area contributed by atoms with Crippen molar-refractivity contribution in [2.75, 3.05) is 13.7 Å². The third-order valence-electron chi connectivity index (χ3n) is 3.67. The van der Waals surface area contributed by atoms with Crippen LogP contribution in [0, 0.1) is 5.41 Å². The molecule has 2 nitrogen and oxygen atoms in total. The summed E-state index contributed by atoms with van der Waals surface area (Å²) in [5, 5.41) is 12.4. The highest BCUT2D eigenvalue weighted by Crippen LogP contribution is 2.59. The van der Waals surface area contributed by atoms with Crippen LogP contribution in [0.1, 0.15) is 32.1 Å². The number of hydrogen-bond donors (Lipinski definition) is 2. The molecule has 2 aliphatic carbocycles. The molecule has 0 bridgehead atoms. The van der Waals surface area contributed by atoms with Gasteiger partial charge in [0.1, 0.15) is 0 Å². The second-order valence-electron chi connectivity index (χ2n) is 4.40. The van der Waals surface area contributed by atoms with Gasteiger partial charge in [0.05, 0.1) is 6.61 Å². The largest absolute Gasteiger partial charge is 0.394 e. The molecule has 72 valence electrons. The normalized spacial score (nSPS) is 28.5. The summed E-state index contributed by atoms with van der Waals surface area (Å²) < 4.78 is 0. The molecule has 0 heterocycles. The number of aliphatic hydroxyl groups excluding tert-OH is 1. The van der Waals surface area contributed by atoms with Crippen LogP contribution in [-0.4, -0.2) is 24.3 Å². The molecule has 0 saturated heterocycles. The highest BCUT2D eigenvalue weighted by Gasteiger charge is 2.55. The summed E-state index contributed by atoms with van der Waals surface area (Å²) in [5.74, 6) is 0. The van der Waals surface area contributed by atoms with Crippen LogP contribution in [0.25, 0.3) is 0 Å². The molecule has 12 heavy (non-hydrogen) atoms. The number of halogens is 1. The van der Waals surface area contributed by atoms with E-state index in [0.29, 0.717) is 12.0 Å². The molecule has 0 atom stereocenters. The molecule has 0 aromatic heterocycles. The lowest BCUT2D eigenvalue weighted by atomic mass is 9.49. The zero-order chi connectivity index (χ0) is 7.95. The minimum Gasteiger partial charge on any atom is -0.394 e. The first kappa shape index (κ1) is 10.3. The summed E-state index contributed by atoms with van der Waals surface area (Å²) >= 11 is 0. The maximum atomic E-state index is 9.13. The monoisotopic (exact) mass is 191 g/mol. The maximum absolute atomic E-state index is 9.13. The van der Waals surface area contributed by atoms with E-state index in [1.54, 1.807) is 0 Å². The van der Waals surface area contributed by atoms with Crippen LogP contribution < -0.4 is 5.32 Å². The van der Waals surface area contributed by atoms with E-state index in [9.17, 15) is 0 Å². The molecular weight excluding hydrogens is 174 g/mol. The standard InChI is InChI=1S/C9H17NO.ClH/c1-10-9(7-11)5-8(6-9)3-2-4-8;/h10-11H,2-7H2,1H3;1H. The van der Waals surface area contributed by atoms with Crippen molar-refractivity contribution in [2.24, 2.45) is 5.41 Å². The topological polar surface area (TPSA) is 32.3 Å². The predicted octanol–water partition coefficient (Wildman–Crippen LogP) is 1.32. The van der Waals surface area contributed by atoms with Gasteiger partial charge in [0, 0.05) is 5.54 Å². The highest BCUT2D eigenvalue weighted by molar-refractivity contribution is 5.85. The summed E-state index contributed by atoms with van der Waals surface area (Å²) in [6.07, 6.45) is 6.61. The SMILES string of the molecule is CNC1(CO)CC2(CCC2)C1.Cl. The van der Waals surface area contributed by atoms with Crippen LogP contribution in [0.5, 0.6) is 0 Å². The Hall–Kier alpha value is 0.210. The van der Waals surface area contributed by atoms with Gasteiger partial charge in [-0.05, 0) is 38.1 Å². The van der Waals surface area contributed by atoms with Gasteiger partial charge in [-0.15, -0.1) is 12.4 Å². The number of nitrogens with one attached hydrogen (secondary N) is 1. The van der Waals surface area contributed by atoms with Crippen LogP contribution in [0.15, 0.2) is 0 Å². The highest BCUT2D eigenvalue weighted by atomic mass is 35.5. The minimum atomic E-state index is 0. The average Bonchev–Trinajstić information content (AvgIpc) is 1.85. The van der Waals surface area contributed by atoms with Gasteiger partial charge >= 0.3 is 0 Å². The number of likely N-dealkylation sites (N-methyl/N-ethyl adjacent to an activating group) is 1. The molecule has 2 saturated carbocycles. The predicted molar refractivity (Wildman–Crippen MR) is 51.6 cm³/mol. The Kier molecular flexibility index (Phi) is 2.72. The van der Waals surface area contributed by atoms with Crippen LogP contribution >= 0.6 is 12.4 Å². The van der Waals surface area contributed by atoms with Gasteiger partial charge in [0.2, 0.25) is 0 Å². The Morgan fingerprint density at radius 3 is 2.17 bits per heavy atom. The Labute approximate surface area is 80.1 Å². The lowest BCUT2D eigenvalue weighted by Crippen LogP contribution is -2.63. The van der Waals surface area contributed by atoms with Crippen LogP contribution in [-0.2, 0) is 0 Å². The number of aliphatic hydroxyl groups is 1. The van der Waals surface area contributed by atoms with Gasteiger partial charge in [-0.25, -0.2) is 0 Å². The summed E-state index contributed by atoms with van der Waals surface area (Å²) in [7, 11) is 1.96. The van der Waals surface area contributed by atoms with E-state index in [2.05, 4.69) is 5.32 Å². The summed E-state index contributed by atoms with van der Waals surface area (Å²) in [4.78, 5) is 0. The van der Waals surface area contributed by atoms with E-state index >= 15 is 0 Å². The van der Waals surface area contributed by atoms with Crippen molar-refractivity contribution in [3.63, 3.8) is 0 Å². The molecule has 2 fully saturated rings. The molecule has 0 radical (unpaired) electrons. The van der Waals surface area contributed by atoms with Gasteiger partial charge in [-0.3, -0.25) is 0 Å². The lowest BCUT2D eigenvalue weighted by molar-refractivity contribution is -0.0810. The second-order valence-corrected chi connectivity index (χ2v) is 4.40. The molecule has 0 unspecified atom stereocenters. The second kappa shape index (κ2) is 3.17. The van der Waals surface area contributed by atoms with Crippen molar-refractivity contribution in [2.45, 2.75) is 37.6 Å². The molecule has 2 N–H and O–H groups in total. The van der Waals surface area contributed by atoms with Gasteiger partial charge < -0.3 is 10.4 Å². The first-order valence-electron chi connectivity index (χ1n) is 4.54. The fraction of sp³-hybridized carbons (Fsp3) is 1.00. The molecular formula is C9H18ClNO. The molecule has 2 rings (SSSR count). The molecule has 3 heteroatoms. The lowest BCUT2D eigenvalue weighted by Gasteiger charge is -2.60.